The van der Waals surface area contributed by atoms with Gasteiger partial charge in [0, 0.05) is 6.54 Å². The van der Waals surface area contributed by atoms with Gasteiger partial charge >= 0.3 is 0 Å². The van der Waals surface area contributed by atoms with Gasteiger partial charge in [0.25, 0.3) is 5.91 Å². The maximum Gasteiger partial charge on any atom is 0.258 e. The molecule has 2 rings (SSSR count). The van der Waals surface area contributed by atoms with Gasteiger partial charge in [-0.3, -0.25) is 4.79 Å². The van der Waals surface area contributed by atoms with Crippen molar-refractivity contribution in [3.63, 3.8) is 0 Å². The van der Waals surface area contributed by atoms with Crippen LogP contribution in [0.5, 0.6) is 5.75 Å². The monoisotopic (exact) mass is 411 g/mol. The minimum Gasteiger partial charge on any atom is -0.481 e. The second kappa shape index (κ2) is 8.32. The second-order valence-electron chi connectivity index (χ2n) is 4.45. The van der Waals surface area contributed by atoms with Crippen LogP contribution in [0.4, 0.5) is 0 Å². The van der Waals surface area contributed by atoms with E-state index < -0.39 is 0 Å². The minimum atomic E-state index is -0.344. The number of nitrogens with one attached hydrogen (secondary N) is 1. The van der Waals surface area contributed by atoms with Gasteiger partial charge in [-0.05, 0) is 5.56 Å². The van der Waals surface area contributed by atoms with Crippen LogP contribution < -0.4 is 10.1 Å². The van der Waals surface area contributed by atoms with Gasteiger partial charge in [-0.2, -0.15) is 0 Å². The molecule has 0 bridgehead atoms. The lowest BCUT2D eigenvalue weighted by molar-refractivity contribution is -0.123. The van der Waals surface area contributed by atoms with Crippen LogP contribution in [0.1, 0.15) is 5.56 Å². The first kappa shape index (κ1) is 18.5. The van der Waals surface area contributed by atoms with Gasteiger partial charge in [0.05, 0.1) is 15.1 Å². The molecule has 0 aromatic heterocycles. The summed E-state index contributed by atoms with van der Waals surface area (Å²) >= 11 is 29.8. The molecule has 0 aliphatic heterocycles. The molecule has 122 valence electrons. The molecule has 1 N–H and O–H groups in total. The molecule has 0 unspecified atom stereocenters. The number of rotatable bonds is 5. The topological polar surface area (TPSA) is 38.3 Å². The van der Waals surface area contributed by atoms with Crippen molar-refractivity contribution in [3.05, 3.63) is 61.0 Å². The van der Waals surface area contributed by atoms with Gasteiger partial charge in [0.15, 0.2) is 12.4 Å². The summed E-state index contributed by atoms with van der Waals surface area (Å²) < 4.78 is 5.33. The lowest BCUT2D eigenvalue weighted by Crippen LogP contribution is -2.28. The molecule has 0 spiro atoms. The smallest absolute Gasteiger partial charge is 0.258 e. The Morgan fingerprint density at radius 1 is 0.870 bits per heavy atom. The fourth-order valence-corrected chi connectivity index (χ4v) is 2.93. The minimum absolute atomic E-state index is 0.00178. The maximum atomic E-state index is 11.8. The van der Waals surface area contributed by atoms with Crippen molar-refractivity contribution in [1.82, 2.24) is 5.32 Å². The highest BCUT2D eigenvalue weighted by Gasteiger charge is 2.21. The fourth-order valence-electron chi connectivity index (χ4n) is 1.70. The Kier molecular flexibility index (Phi) is 6.69. The number of carbonyl (C=O) groups is 1. The summed E-state index contributed by atoms with van der Waals surface area (Å²) in [5.74, 6) is -0.328. The SMILES string of the molecule is O=C(COc1c(Cl)c(Cl)c(Cl)c(Cl)c1Cl)NCc1ccccc1. The Balaban J connectivity index is 2.00. The predicted molar refractivity (Wildman–Crippen MR) is 95.3 cm³/mol. The molecule has 23 heavy (non-hydrogen) atoms. The normalized spacial score (nSPS) is 10.5. The summed E-state index contributed by atoms with van der Waals surface area (Å²) in [6.45, 7) is 0.0905. The van der Waals surface area contributed by atoms with Crippen molar-refractivity contribution in [3.8, 4) is 5.75 Å². The zero-order valence-corrected chi connectivity index (χ0v) is 15.3. The average molecular weight is 414 g/mol. The van der Waals surface area contributed by atoms with Gasteiger partial charge in [0.2, 0.25) is 0 Å². The number of carbonyl (C=O) groups excluding carboxylic acids is 1. The number of hydrogen-bond acceptors (Lipinski definition) is 2. The Morgan fingerprint density at radius 3 is 1.96 bits per heavy atom. The third-order valence-corrected chi connectivity index (χ3v) is 5.09. The molecule has 0 heterocycles. The molecule has 0 aliphatic rings. The fraction of sp³-hybridized carbons (Fsp3) is 0.133. The second-order valence-corrected chi connectivity index (χ2v) is 6.34. The molecule has 0 aliphatic carbocycles. The zero-order valence-electron chi connectivity index (χ0n) is 11.5. The number of halogens is 5. The van der Waals surface area contributed by atoms with E-state index in [2.05, 4.69) is 5.32 Å². The molecule has 2 aromatic rings. The van der Waals surface area contributed by atoms with Crippen LogP contribution in [0.15, 0.2) is 30.3 Å². The zero-order chi connectivity index (χ0) is 17.0. The van der Waals surface area contributed by atoms with Crippen molar-refractivity contribution in [2.45, 2.75) is 6.54 Å². The Hall–Kier alpha value is -0.840. The van der Waals surface area contributed by atoms with E-state index in [1.807, 2.05) is 30.3 Å². The van der Waals surface area contributed by atoms with E-state index in [0.717, 1.165) is 5.56 Å². The molecule has 8 heteroatoms. The van der Waals surface area contributed by atoms with Crippen LogP contribution in [0.2, 0.25) is 25.1 Å². The standard InChI is InChI=1S/C15H10Cl5NO2/c16-10-11(17)13(19)15(14(20)12(10)18)23-7-9(22)21-6-8-4-2-1-3-5-8/h1-5H,6-7H2,(H,21,22). The Bertz CT molecular complexity index is 693. The lowest BCUT2D eigenvalue weighted by Gasteiger charge is -2.13. The van der Waals surface area contributed by atoms with Crippen molar-refractivity contribution in [2.24, 2.45) is 0 Å². The highest BCUT2D eigenvalue weighted by Crippen LogP contribution is 2.48. The van der Waals surface area contributed by atoms with Crippen molar-refractivity contribution in [2.75, 3.05) is 6.61 Å². The summed E-state index contributed by atoms with van der Waals surface area (Å²) in [4.78, 5) is 11.8. The molecule has 1 amide bonds. The molecule has 0 saturated heterocycles. The molecule has 0 radical (unpaired) electrons. The van der Waals surface area contributed by atoms with E-state index in [1.165, 1.54) is 0 Å². The number of amides is 1. The third kappa shape index (κ3) is 4.59. The first-order chi connectivity index (χ1) is 10.9. The summed E-state index contributed by atoms with van der Waals surface area (Å²) in [6.07, 6.45) is 0. The van der Waals surface area contributed by atoms with E-state index in [-0.39, 0.29) is 43.4 Å². The van der Waals surface area contributed by atoms with Crippen molar-refractivity contribution >= 4 is 63.9 Å². The highest BCUT2D eigenvalue weighted by atomic mass is 35.5. The van der Waals surface area contributed by atoms with Crippen molar-refractivity contribution < 1.29 is 9.53 Å². The highest BCUT2D eigenvalue weighted by molar-refractivity contribution is 6.55. The van der Waals surface area contributed by atoms with E-state index >= 15 is 0 Å². The predicted octanol–water partition coefficient (Wildman–Crippen LogP) is 5.65. The van der Waals surface area contributed by atoms with Gasteiger partial charge in [-0.15, -0.1) is 0 Å². The first-order valence-corrected chi connectivity index (χ1v) is 8.25. The quantitative estimate of drug-likeness (QED) is 0.508. The molecular weight excluding hydrogens is 403 g/mol. The third-order valence-electron chi connectivity index (χ3n) is 2.85. The van der Waals surface area contributed by atoms with Crippen LogP contribution >= 0.6 is 58.0 Å². The molecule has 0 atom stereocenters. The molecule has 2 aromatic carbocycles. The Morgan fingerprint density at radius 2 is 1.39 bits per heavy atom. The van der Waals surface area contributed by atoms with Gasteiger partial charge in [-0.25, -0.2) is 0 Å². The van der Waals surface area contributed by atoms with Gasteiger partial charge in [-0.1, -0.05) is 88.3 Å². The van der Waals surface area contributed by atoms with Crippen LogP contribution in [0.25, 0.3) is 0 Å². The van der Waals surface area contributed by atoms with E-state index in [9.17, 15) is 4.79 Å². The van der Waals surface area contributed by atoms with Gasteiger partial charge < -0.3 is 10.1 Å². The summed E-state index contributed by atoms with van der Waals surface area (Å²) in [5.41, 5.74) is 0.967. The van der Waals surface area contributed by atoms with E-state index in [4.69, 9.17) is 62.7 Å². The summed E-state index contributed by atoms with van der Waals surface area (Å²) in [6, 6.07) is 9.46. The van der Waals surface area contributed by atoms with Crippen LogP contribution in [0.3, 0.4) is 0 Å². The van der Waals surface area contributed by atoms with E-state index in [0.29, 0.717) is 6.54 Å². The molecule has 0 fully saturated rings. The number of hydrogen-bond donors (Lipinski definition) is 1. The number of ether oxygens (including phenoxy) is 1. The van der Waals surface area contributed by atoms with E-state index in [1.54, 1.807) is 0 Å². The largest absolute Gasteiger partial charge is 0.481 e. The Labute approximate surface area is 158 Å². The molecule has 0 saturated carbocycles. The van der Waals surface area contributed by atoms with Crippen molar-refractivity contribution in [1.29, 1.82) is 0 Å². The summed E-state index contributed by atoms with van der Waals surface area (Å²) in [5, 5.41) is 2.77. The van der Waals surface area contributed by atoms with Gasteiger partial charge in [0.1, 0.15) is 10.0 Å². The van der Waals surface area contributed by atoms with Crippen LogP contribution in [-0.2, 0) is 11.3 Å². The first-order valence-electron chi connectivity index (χ1n) is 6.36. The van der Waals surface area contributed by atoms with Crippen LogP contribution in [-0.4, -0.2) is 12.5 Å². The number of benzene rings is 2. The lowest BCUT2D eigenvalue weighted by atomic mass is 10.2. The van der Waals surface area contributed by atoms with Crippen LogP contribution in [0, 0.1) is 0 Å². The molecule has 3 nitrogen and oxygen atoms in total. The molecular formula is C15H10Cl5NO2. The average Bonchev–Trinajstić information content (AvgIpc) is 2.57. The summed E-state index contributed by atoms with van der Waals surface area (Å²) in [7, 11) is 0. The maximum absolute atomic E-state index is 11.8.